The van der Waals surface area contributed by atoms with Gasteiger partial charge in [-0.1, -0.05) is 23.8 Å². The molecular weight excluding hydrogens is 316 g/mol. The quantitative estimate of drug-likeness (QED) is 0.570. The Morgan fingerprint density at radius 1 is 1.43 bits per heavy atom. The number of aliphatic imine (C=N–C) groups is 1. The Kier molecular flexibility index (Phi) is 9.21. The van der Waals surface area contributed by atoms with Gasteiger partial charge in [0.1, 0.15) is 0 Å². The van der Waals surface area contributed by atoms with Crippen molar-refractivity contribution < 1.29 is 20.8 Å². The van der Waals surface area contributed by atoms with Crippen molar-refractivity contribution in [3.8, 4) is 0 Å². The van der Waals surface area contributed by atoms with E-state index in [1.165, 1.54) is 0 Å². The molecule has 0 bridgehead atoms. The molecule has 76 valence electrons. The van der Waals surface area contributed by atoms with E-state index in [1.807, 2.05) is 25.1 Å². The van der Waals surface area contributed by atoms with Gasteiger partial charge in [0.2, 0.25) is 0 Å². The maximum atomic E-state index is 5.17. The molecule has 14 heavy (non-hydrogen) atoms. The van der Waals surface area contributed by atoms with Crippen molar-refractivity contribution in [1.82, 2.24) is 0 Å². The molecule has 0 unspecified atom stereocenters. The number of hydrogen-bond donors (Lipinski definition) is 0. The Morgan fingerprint density at radius 2 is 2.00 bits per heavy atom. The molecule has 1 aromatic carbocycles. The van der Waals surface area contributed by atoms with Crippen molar-refractivity contribution in [3.05, 3.63) is 29.3 Å². The fraction of sp³-hybridized carbons (Fsp3) is 0.222. The molecule has 0 atom stereocenters. The molecule has 0 aromatic heterocycles. The summed E-state index contributed by atoms with van der Waals surface area (Å²) in [6.45, 7) is 2.01. The number of rotatable bonds is 1. The van der Waals surface area contributed by atoms with Gasteiger partial charge in [0.25, 0.3) is 0 Å². The molecule has 0 fully saturated rings. The topological polar surface area (TPSA) is 12.4 Å². The summed E-state index contributed by atoms with van der Waals surface area (Å²) in [5, 5.41) is 0. The SMILES string of the molecule is CN=Cc1cccc(C)c1[S-].[Cl][Zr][Cl]. The molecule has 0 aliphatic rings. The first-order valence-corrected chi connectivity index (χ1v) is 10.6. The standard InChI is InChI=1S/C9H11NS.2ClH.Zr/c1-7-4-3-5-8(6-10-2)9(7)11;;;/h3-6,11H,1-2H3;2*1H;/q;;;+2/p-3. The van der Waals surface area contributed by atoms with Gasteiger partial charge in [0.15, 0.2) is 0 Å². The Hall–Kier alpha value is 0.573. The fourth-order valence-electron chi connectivity index (χ4n) is 0.916. The first kappa shape index (κ1) is 14.6. The van der Waals surface area contributed by atoms with Gasteiger partial charge in [-0.15, -0.1) is 0 Å². The maximum absolute atomic E-state index is 5.17. The van der Waals surface area contributed by atoms with Crippen LogP contribution >= 0.6 is 17.0 Å². The molecular formula is C9H10Cl2NSZr-. The summed E-state index contributed by atoms with van der Waals surface area (Å²) in [6, 6.07) is 5.97. The average molecular weight is 326 g/mol. The van der Waals surface area contributed by atoms with E-state index in [-0.39, 0.29) is 0 Å². The molecule has 5 heteroatoms. The van der Waals surface area contributed by atoms with Crippen LogP contribution in [0.3, 0.4) is 0 Å². The molecule has 0 aliphatic heterocycles. The molecule has 1 aromatic rings. The normalized spacial score (nSPS) is 9.43. The molecule has 0 heterocycles. The third kappa shape index (κ3) is 5.45. The van der Waals surface area contributed by atoms with Crippen LogP contribution in [0.1, 0.15) is 11.1 Å². The molecule has 0 saturated heterocycles. The second-order valence-electron chi connectivity index (χ2n) is 2.45. The van der Waals surface area contributed by atoms with Crippen LogP contribution in [-0.4, -0.2) is 13.3 Å². The Bertz CT molecular complexity index is 305. The monoisotopic (exact) mass is 324 g/mol. The van der Waals surface area contributed by atoms with E-state index < -0.39 is 20.8 Å². The number of nitrogens with zero attached hydrogens (tertiary/aromatic N) is 1. The zero-order valence-electron chi connectivity index (χ0n) is 7.92. The summed E-state index contributed by atoms with van der Waals surface area (Å²) in [4.78, 5) is 4.82. The molecule has 1 rings (SSSR count). The summed E-state index contributed by atoms with van der Waals surface area (Å²) < 4.78 is 0. The van der Waals surface area contributed by atoms with Gasteiger partial charge in [0, 0.05) is 13.3 Å². The minimum absolute atomic E-state index is 0.826. The molecule has 0 aliphatic carbocycles. The third-order valence-corrected chi connectivity index (χ3v) is 2.07. The molecule has 0 N–H and O–H groups in total. The Balaban J connectivity index is 0.000000500. The molecule has 0 spiro atoms. The van der Waals surface area contributed by atoms with Crippen LogP contribution in [0.4, 0.5) is 0 Å². The molecule has 0 saturated carbocycles. The van der Waals surface area contributed by atoms with E-state index in [2.05, 4.69) is 4.99 Å². The van der Waals surface area contributed by atoms with E-state index in [9.17, 15) is 0 Å². The summed E-state index contributed by atoms with van der Waals surface area (Å²) >= 11 is 4.34. The van der Waals surface area contributed by atoms with E-state index in [4.69, 9.17) is 29.7 Å². The van der Waals surface area contributed by atoms with Crippen LogP contribution < -0.4 is 0 Å². The summed E-state index contributed by atoms with van der Waals surface area (Å²) in [6.07, 6.45) is 1.79. The van der Waals surface area contributed by atoms with Crippen molar-refractivity contribution >= 4 is 35.9 Å². The molecule has 0 radical (unpaired) electrons. The summed E-state index contributed by atoms with van der Waals surface area (Å²) in [5.74, 6) is 0. The van der Waals surface area contributed by atoms with E-state index in [0.717, 1.165) is 16.0 Å². The summed E-state index contributed by atoms with van der Waals surface area (Å²) in [5.41, 5.74) is 2.17. The van der Waals surface area contributed by atoms with Crippen molar-refractivity contribution in [2.24, 2.45) is 4.99 Å². The van der Waals surface area contributed by atoms with Crippen LogP contribution in [0.25, 0.3) is 0 Å². The average Bonchev–Trinajstić information content (AvgIpc) is 2.15. The second kappa shape index (κ2) is 8.85. The van der Waals surface area contributed by atoms with Crippen molar-refractivity contribution in [2.45, 2.75) is 11.8 Å². The first-order valence-electron chi connectivity index (χ1n) is 3.82. The Morgan fingerprint density at radius 3 is 2.50 bits per heavy atom. The third-order valence-electron chi connectivity index (χ3n) is 1.51. The minimum atomic E-state index is -0.826. The van der Waals surface area contributed by atoms with Gasteiger partial charge in [-0.25, -0.2) is 0 Å². The zero-order valence-corrected chi connectivity index (χ0v) is 12.7. The predicted octanol–water partition coefficient (Wildman–Crippen LogP) is 3.33. The van der Waals surface area contributed by atoms with Gasteiger partial charge in [0.05, 0.1) is 0 Å². The fourth-order valence-corrected chi connectivity index (χ4v) is 1.10. The molecule has 1 nitrogen and oxygen atoms in total. The van der Waals surface area contributed by atoms with Crippen LogP contribution in [0.15, 0.2) is 28.1 Å². The van der Waals surface area contributed by atoms with Gasteiger partial charge in [-0.2, -0.15) is 4.90 Å². The first-order chi connectivity index (χ1) is 6.67. The van der Waals surface area contributed by atoms with Crippen molar-refractivity contribution in [1.29, 1.82) is 0 Å². The van der Waals surface area contributed by atoms with E-state index in [1.54, 1.807) is 13.3 Å². The van der Waals surface area contributed by atoms with Crippen LogP contribution in [0.2, 0.25) is 0 Å². The zero-order chi connectivity index (χ0) is 11.0. The number of halogens is 2. The van der Waals surface area contributed by atoms with E-state index >= 15 is 0 Å². The van der Waals surface area contributed by atoms with E-state index in [0.29, 0.717) is 0 Å². The van der Waals surface area contributed by atoms with Crippen molar-refractivity contribution in [2.75, 3.05) is 7.05 Å². The second-order valence-corrected chi connectivity index (χ2v) is 6.59. The molecule has 0 amide bonds. The summed E-state index contributed by atoms with van der Waals surface area (Å²) in [7, 11) is 11.6. The number of benzene rings is 1. The van der Waals surface area contributed by atoms with Gasteiger partial charge < -0.3 is 12.6 Å². The predicted molar refractivity (Wildman–Crippen MR) is 62.0 cm³/mol. The van der Waals surface area contributed by atoms with Crippen molar-refractivity contribution in [3.63, 3.8) is 0 Å². The van der Waals surface area contributed by atoms with Gasteiger partial charge in [-0.05, 0) is 12.5 Å². The van der Waals surface area contributed by atoms with Crippen LogP contribution in [0, 0.1) is 6.92 Å². The van der Waals surface area contributed by atoms with Crippen LogP contribution in [-0.2, 0) is 33.5 Å². The number of aryl methyl sites for hydroxylation is 1. The Labute approximate surface area is 109 Å². The van der Waals surface area contributed by atoms with Crippen LogP contribution in [0.5, 0.6) is 0 Å². The van der Waals surface area contributed by atoms with Gasteiger partial charge >= 0.3 is 37.9 Å². The number of hydrogen-bond acceptors (Lipinski definition) is 2. The van der Waals surface area contributed by atoms with Gasteiger partial charge in [-0.3, -0.25) is 4.99 Å².